The van der Waals surface area contributed by atoms with E-state index in [1.807, 2.05) is 0 Å². The van der Waals surface area contributed by atoms with Crippen molar-refractivity contribution in [2.45, 2.75) is 99.0 Å². The maximum Gasteiger partial charge on any atom is 0.239 e. The summed E-state index contributed by atoms with van der Waals surface area (Å²) < 4.78 is 39.8. The highest BCUT2D eigenvalue weighted by molar-refractivity contribution is 5.88. The molecule has 15 atom stereocenters. The first-order valence-corrected chi connectivity index (χ1v) is 16.5. The first-order chi connectivity index (χ1) is 25.5. The van der Waals surface area contributed by atoms with Crippen molar-refractivity contribution in [1.29, 1.82) is 0 Å². The molecule has 3 aliphatic rings. The summed E-state index contributed by atoms with van der Waals surface area (Å²) in [6.45, 7) is -0.219. The number of aliphatic hydroxyl groups excluding tert-OH is 9. The molecule has 3 saturated heterocycles. The predicted molar refractivity (Wildman–Crippen MR) is 173 cm³/mol. The van der Waals surface area contributed by atoms with Gasteiger partial charge in [-0.05, 0) is 25.1 Å². The quantitative estimate of drug-likeness (QED) is 0.0925. The first-order valence-electron chi connectivity index (χ1n) is 16.5. The van der Waals surface area contributed by atoms with Gasteiger partial charge < -0.3 is 99.2 Å². The maximum absolute atomic E-state index is 13.9. The fraction of sp³-hybridized carbons (Fsp3) is 0.545. The minimum atomic E-state index is -2.16. The molecule has 21 heteroatoms. The largest absolute Gasteiger partial charge is 0.508 e. The molecular weight excluding hydrogens is 732 g/mol. The van der Waals surface area contributed by atoms with Crippen LogP contribution in [0.5, 0.6) is 28.7 Å². The van der Waals surface area contributed by atoms with Crippen molar-refractivity contribution in [3.8, 4) is 40.1 Å². The molecule has 1 aromatic heterocycles. The van der Waals surface area contributed by atoms with Gasteiger partial charge in [0.05, 0.1) is 19.3 Å². The molecule has 0 unspecified atom stereocenters. The van der Waals surface area contributed by atoms with Crippen molar-refractivity contribution in [3.63, 3.8) is 0 Å². The molecule has 0 spiro atoms. The summed E-state index contributed by atoms with van der Waals surface area (Å²) in [5.74, 6) is -3.72. The zero-order valence-corrected chi connectivity index (χ0v) is 28.0. The molecule has 21 nitrogen and oxygen atoms in total. The maximum atomic E-state index is 13.9. The lowest BCUT2D eigenvalue weighted by atomic mass is 9.96. The number of hydrogen-bond acceptors (Lipinski definition) is 21. The van der Waals surface area contributed by atoms with Crippen LogP contribution in [0.3, 0.4) is 0 Å². The number of rotatable bonds is 9. The van der Waals surface area contributed by atoms with Crippen LogP contribution in [0.4, 0.5) is 0 Å². The van der Waals surface area contributed by atoms with Crippen molar-refractivity contribution in [2.24, 2.45) is 0 Å². The van der Waals surface area contributed by atoms with Crippen molar-refractivity contribution in [1.82, 2.24) is 0 Å². The van der Waals surface area contributed by atoms with Crippen LogP contribution in [0.1, 0.15) is 6.92 Å². The fourth-order valence-corrected chi connectivity index (χ4v) is 6.33. The Kier molecular flexibility index (Phi) is 11.5. The summed E-state index contributed by atoms with van der Waals surface area (Å²) in [7, 11) is 0. The summed E-state index contributed by atoms with van der Waals surface area (Å²) in [5, 5.41) is 134. The van der Waals surface area contributed by atoms with Gasteiger partial charge in [-0.25, -0.2) is 0 Å². The SMILES string of the molecule is C[C@@H]1O[C@@H](OC[C@H]2O[C@@H](Oc3c(-c4ccc(O)c(O)c4)oc4cc(O)cc(O)c4c3=O)[C@H](O)[C@@H](O)[C@@H]2O[C@@H]2O[C@H](CO)[C@@H](O)[C@H](O)[C@H]2O)[C@H](O)[C@H](O)[C@H]1O. The minimum absolute atomic E-state index is 0.102. The molecule has 54 heavy (non-hydrogen) atoms. The highest BCUT2D eigenvalue weighted by atomic mass is 16.8. The van der Waals surface area contributed by atoms with Gasteiger partial charge >= 0.3 is 0 Å². The number of fused-ring (bicyclic) bond motifs is 1. The normalized spacial score (nSPS) is 37.3. The second-order valence-electron chi connectivity index (χ2n) is 13.1. The van der Waals surface area contributed by atoms with Crippen LogP contribution in [-0.2, 0) is 23.7 Å². The molecular formula is C33H40O21. The molecule has 0 bridgehead atoms. The van der Waals surface area contributed by atoms with Gasteiger partial charge in [0, 0.05) is 17.7 Å². The minimum Gasteiger partial charge on any atom is -0.508 e. The number of phenolic OH excluding ortho intramolecular Hbond substituents is 4. The van der Waals surface area contributed by atoms with Gasteiger partial charge in [-0.2, -0.15) is 0 Å². The van der Waals surface area contributed by atoms with Gasteiger partial charge in [0.2, 0.25) is 17.5 Å². The van der Waals surface area contributed by atoms with Gasteiger partial charge in [0.1, 0.15) is 89.6 Å². The Morgan fingerprint density at radius 3 is 2.00 bits per heavy atom. The van der Waals surface area contributed by atoms with E-state index in [9.17, 15) is 71.2 Å². The summed E-state index contributed by atoms with van der Waals surface area (Å²) in [4.78, 5) is 13.9. The van der Waals surface area contributed by atoms with Crippen LogP contribution >= 0.6 is 0 Å². The van der Waals surface area contributed by atoms with E-state index in [0.717, 1.165) is 24.3 Å². The number of ether oxygens (including phenoxy) is 6. The zero-order chi connectivity index (χ0) is 39.3. The topological polar surface area (TPSA) is 349 Å². The van der Waals surface area contributed by atoms with Crippen molar-refractivity contribution < 1.29 is 99.2 Å². The van der Waals surface area contributed by atoms with Crippen molar-refractivity contribution in [3.05, 3.63) is 40.6 Å². The zero-order valence-electron chi connectivity index (χ0n) is 28.0. The average Bonchev–Trinajstić information content (AvgIpc) is 3.13. The van der Waals surface area contributed by atoms with Crippen LogP contribution in [0.15, 0.2) is 39.5 Å². The third-order valence-electron chi connectivity index (χ3n) is 9.40. The monoisotopic (exact) mass is 772 g/mol. The standard InChI is InChI=1S/C33H40O21/c1-9-19(39)22(42)25(45)31(49-9)48-8-17-29(53-32-26(46)23(43)20(40)16(7-34)51-32)24(44)27(47)33(52-17)54-30-21(41)18-14(38)5-11(35)6-15(18)50-28(30)10-2-3-12(36)13(37)4-10/h2-6,9,16-17,19-20,22-27,29,31-40,42-47H,7-8H2,1H3/t9-,16+,17+,19-,20+,22+,23-,24+,25+,26+,27+,29+,31+,32-,33-/m0/s1. The van der Waals surface area contributed by atoms with E-state index in [4.69, 9.17) is 32.8 Å². The Balaban J connectivity index is 1.37. The number of hydrogen-bond donors (Lipinski definition) is 13. The van der Waals surface area contributed by atoms with Crippen LogP contribution in [0.25, 0.3) is 22.3 Å². The molecule has 0 saturated carbocycles. The van der Waals surface area contributed by atoms with Crippen LogP contribution in [-0.4, -0.2) is 172 Å². The molecule has 6 rings (SSSR count). The lowest BCUT2D eigenvalue weighted by Crippen LogP contribution is -2.65. The fourth-order valence-electron chi connectivity index (χ4n) is 6.33. The number of phenols is 4. The third-order valence-corrected chi connectivity index (χ3v) is 9.40. The molecule has 0 radical (unpaired) electrons. The van der Waals surface area contributed by atoms with Crippen molar-refractivity contribution in [2.75, 3.05) is 13.2 Å². The highest BCUT2D eigenvalue weighted by Crippen LogP contribution is 2.40. The van der Waals surface area contributed by atoms with Gasteiger partial charge in [-0.15, -0.1) is 0 Å². The van der Waals surface area contributed by atoms with E-state index < -0.39 is 151 Å². The molecule has 3 aliphatic heterocycles. The molecule has 298 valence electrons. The van der Waals surface area contributed by atoms with Crippen LogP contribution < -0.4 is 10.2 Å². The van der Waals surface area contributed by atoms with E-state index in [0.29, 0.717) is 0 Å². The molecule has 2 aromatic carbocycles. The number of aromatic hydroxyl groups is 4. The highest BCUT2D eigenvalue weighted by Gasteiger charge is 2.52. The molecule has 13 N–H and O–H groups in total. The van der Waals surface area contributed by atoms with E-state index >= 15 is 0 Å². The van der Waals surface area contributed by atoms with E-state index in [-0.39, 0.29) is 11.1 Å². The Hall–Kier alpha value is -3.91. The average molecular weight is 773 g/mol. The van der Waals surface area contributed by atoms with Crippen LogP contribution in [0, 0.1) is 0 Å². The smallest absolute Gasteiger partial charge is 0.239 e. The van der Waals surface area contributed by atoms with Gasteiger partial charge in [-0.1, -0.05) is 0 Å². The summed E-state index contributed by atoms with van der Waals surface area (Å²) >= 11 is 0. The number of aliphatic hydroxyl groups is 9. The molecule has 0 amide bonds. The van der Waals surface area contributed by atoms with Crippen LogP contribution in [0.2, 0.25) is 0 Å². The second-order valence-corrected chi connectivity index (χ2v) is 13.1. The number of benzene rings is 2. The summed E-state index contributed by atoms with van der Waals surface area (Å²) in [6.07, 6.45) is -26.5. The third kappa shape index (κ3) is 7.39. The Labute approximate surface area is 303 Å². The second kappa shape index (κ2) is 15.7. The lowest BCUT2D eigenvalue weighted by molar-refractivity contribution is -0.359. The first kappa shape index (κ1) is 39.8. The Bertz CT molecular complexity index is 1850. The van der Waals surface area contributed by atoms with Gasteiger partial charge in [-0.3, -0.25) is 4.79 Å². The summed E-state index contributed by atoms with van der Waals surface area (Å²) in [5.41, 5.74) is -1.56. The molecule has 3 aromatic rings. The lowest BCUT2D eigenvalue weighted by Gasteiger charge is -2.46. The van der Waals surface area contributed by atoms with E-state index in [1.165, 1.54) is 13.0 Å². The molecule has 4 heterocycles. The van der Waals surface area contributed by atoms with E-state index in [2.05, 4.69) is 0 Å². The van der Waals surface area contributed by atoms with Gasteiger partial charge in [0.25, 0.3) is 0 Å². The summed E-state index contributed by atoms with van der Waals surface area (Å²) in [6, 6.07) is 5.04. The van der Waals surface area contributed by atoms with Gasteiger partial charge in [0.15, 0.2) is 29.8 Å². The predicted octanol–water partition coefficient (Wildman–Crippen LogP) is -3.86. The Morgan fingerprint density at radius 2 is 1.31 bits per heavy atom. The van der Waals surface area contributed by atoms with E-state index in [1.54, 1.807) is 0 Å². The Morgan fingerprint density at radius 1 is 0.667 bits per heavy atom. The molecule has 3 fully saturated rings. The van der Waals surface area contributed by atoms with Crippen molar-refractivity contribution >= 4 is 11.0 Å². The molecule has 0 aliphatic carbocycles.